The molecule has 0 saturated carbocycles. The Bertz CT molecular complexity index is 668. The lowest BCUT2D eigenvalue weighted by molar-refractivity contribution is 0.602. The molecule has 0 spiro atoms. The Morgan fingerprint density at radius 2 is 1.85 bits per heavy atom. The predicted octanol–water partition coefficient (Wildman–Crippen LogP) is 2.21. The summed E-state index contributed by atoms with van der Waals surface area (Å²) in [4.78, 5) is 9.80. The first-order chi connectivity index (χ1) is 9.49. The highest BCUT2D eigenvalue weighted by molar-refractivity contribution is 7.98. The fourth-order valence-corrected chi connectivity index (χ4v) is 2.92. The van der Waals surface area contributed by atoms with Crippen molar-refractivity contribution in [1.82, 2.24) is 9.97 Å². The molecule has 0 fully saturated rings. The van der Waals surface area contributed by atoms with Gasteiger partial charge in [-0.3, -0.25) is 4.98 Å². The van der Waals surface area contributed by atoms with Crippen molar-refractivity contribution in [3.05, 3.63) is 42.4 Å². The smallest absolute Gasteiger partial charge is 0.175 e. The highest BCUT2D eigenvalue weighted by Gasteiger charge is 2.06. The van der Waals surface area contributed by atoms with Crippen molar-refractivity contribution >= 4 is 27.4 Å². The summed E-state index contributed by atoms with van der Waals surface area (Å²) in [5, 5.41) is 2.91. The number of rotatable bonds is 5. The molecular formula is C13H15N3O2S2. The molecule has 0 atom stereocenters. The van der Waals surface area contributed by atoms with Crippen LogP contribution in [0.2, 0.25) is 0 Å². The third-order valence-corrected chi connectivity index (χ3v) is 4.77. The lowest BCUT2D eigenvalue weighted by atomic mass is 10.4. The minimum absolute atomic E-state index is 0.333. The third kappa shape index (κ3) is 3.94. The predicted molar refractivity (Wildman–Crippen MR) is 80.7 cm³/mol. The Balaban J connectivity index is 2.00. The summed E-state index contributed by atoms with van der Waals surface area (Å²) >= 11 is 1.59. The van der Waals surface area contributed by atoms with Crippen LogP contribution < -0.4 is 5.32 Å². The molecule has 1 N–H and O–H groups in total. The molecule has 2 aromatic rings. The number of hydrogen-bond donors (Lipinski definition) is 1. The van der Waals surface area contributed by atoms with E-state index in [0.29, 0.717) is 10.6 Å². The molecule has 0 radical (unpaired) electrons. The number of nitrogens with zero attached hydrogens (tertiary/aromatic N) is 2. The first-order valence-corrected chi connectivity index (χ1v) is 8.78. The SMILES string of the molecule is CNc1cnc(CSc2ccc(S(C)(=O)=O)cc2)cn1. The van der Waals surface area contributed by atoms with Crippen molar-refractivity contribution in [2.24, 2.45) is 0 Å². The molecule has 0 saturated heterocycles. The zero-order chi connectivity index (χ0) is 14.6. The van der Waals surface area contributed by atoms with Crippen LogP contribution in [-0.2, 0) is 15.6 Å². The van der Waals surface area contributed by atoms with Crippen LogP contribution in [0.4, 0.5) is 5.82 Å². The van der Waals surface area contributed by atoms with Crippen LogP contribution >= 0.6 is 11.8 Å². The summed E-state index contributed by atoms with van der Waals surface area (Å²) in [5.74, 6) is 1.42. The maximum atomic E-state index is 11.4. The normalized spacial score (nSPS) is 11.3. The molecule has 1 heterocycles. The summed E-state index contributed by atoms with van der Waals surface area (Å²) in [6.45, 7) is 0. The highest BCUT2D eigenvalue weighted by Crippen LogP contribution is 2.23. The van der Waals surface area contributed by atoms with Gasteiger partial charge in [0.1, 0.15) is 5.82 Å². The summed E-state index contributed by atoms with van der Waals surface area (Å²) in [6, 6.07) is 6.84. The molecule has 0 bridgehead atoms. The van der Waals surface area contributed by atoms with Crippen molar-refractivity contribution < 1.29 is 8.42 Å². The molecule has 20 heavy (non-hydrogen) atoms. The van der Waals surface area contributed by atoms with Gasteiger partial charge in [0, 0.05) is 24.0 Å². The molecule has 0 aliphatic rings. The monoisotopic (exact) mass is 309 g/mol. The van der Waals surface area contributed by atoms with Gasteiger partial charge in [-0.15, -0.1) is 11.8 Å². The third-order valence-electron chi connectivity index (χ3n) is 2.60. The van der Waals surface area contributed by atoms with Crippen molar-refractivity contribution in [1.29, 1.82) is 0 Å². The summed E-state index contributed by atoms with van der Waals surface area (Å²) in [5.41, 5.74) is 0.876. The van der Waals surface area contributed by atoms with Gasteiger partial charge in [0.25, 0.3) is 0 Å². The minimum atomic E-state index is -3.13. The molecule has 2 rings (SSSR count). The fraction of sp³-hybridized carbons (Fsp3) is 0.231. The van der Waals surface area contributed by atoms with Gasteiger partial charge in [-0.2, -0.15) is 0 Å². The number of nitrogens with one attached hydrogen (secondary N) is 1. The Morgan fingerprint density at radius 3 is 2.35 bits per heavy atom. The number of thioether (sulfide) groups is 1. The van der Waals surface area contributed by atoms with E-state index < -0.39 is 9.84 Å². The molecule has 5 nitrogen and oxygen atoms in total. The van der Waals surface area contributed by atoms with E-state index in [0.717, 1.165) is 16.4 Å². The van der Waals surface area contributed by atoms with Crippen molar-refractivity contribution in [2.75, 3.05) is 18.6 Å². The zero-order valence-corrected chi connectivity index (χ0v) is 12.8. The Hall–Kier alpha value is -1.60. The van der Waals surface area contributed by atoms with Crippen molar-refractivity contribution in [3.63, 3.8) is 0 Å². The van der Waals surface area contributed by atoms with E-state index in [1.807, 2.05) is 0 Å². The average Bonchev–Trinajstić information content (AvgIpc) is 2.45. The van der Waals surface area contributed by atoms with Gasteiger partial charge in [0.2, 0.25) is 0 Å². The number of sulfone groups is 1. The van der Waals surface area contributed by atoms with E-state index in [1.165, 1.54) is 6.26 Å². The van der Waals surface area contributed by atoms with Gasteiger partial charge in [-0.1, -0.05) is 0 Å². The van der Waals surface area contributed by atoms with E-state index in [-0.39, 0.29) is 0 Å². The van der Waals surface area contributed by atoms with Gasteiger partial charge >= 0.3 is 0 Å². The van der Waals surface area contributed by atoms with Crippen molar-refractivity contribution in [3.8, 4) is 0 Å². The zero-order valence-electron chi connectivity index (χ0n) is 11.2. The van der Waals surface area contributed by atoms with Gasteiger partial charge in [0.05, 0.1) is 23.0 Å². The standard InChI is InChI=1S/C13H15N3O2S2/c1-14-13-8-15-10(7-16-13)9-19-11-3-5-12(6-4-11)20(2,17)18/h3-8H,9H2,1-2H3,(H,14,16). The minimum Gasteiger partial charge on any atom is -0.372 e. The molecule has 1 aromatic heterocycles. The van der Waals surface area contributed by atoms with Crippen LogP contribution in [0, 0.1) is 0 Å². The number of aromatic nitrogens is 2. The molecule has 0 amide bonds. The average molecular weight is 309 g/mol. The quantitative estimate of drug-likeness (QED) is 0.854. The number of anilines is 1. The van der Waals surface area contributed by atoms with Crippen LogP contribution in [0.25, 0.3) is 0 Å². The highest BCUT2D eigenvalue weighted by atomic mass is 32.2. The molecule has 1 aromatic carbocycles. The Labute approximate surface area is 122 Å². The summed E-state index contributed by atoms with van der Waals surface area (Å²) < 4.78 is 22.7. The van der Waals surface area contributed by atoms with E-state index >= 15 is 0 Å². The number of benzene rings is 1. The van der Waals surface area contributed by atoms with Crippen LogP contribution in [0.1, 0.15) is 5.69 Å². The van der Waals surface area contributed by atoms with Crippen LogP contribution in [0.3, 0.4) is 0 Å². The second kappa shape index (κ2) is 6.23. The maximum Gasteiger partial charge on any atom is 0.175 e. The molecule has 106 valence electrons. The second-order valence-electron chi connectivity index (χ2n) is 4.18. The molecule has 0 aliphatic heterocycles. The first kappa shape index (κ1) is 14.8. The lowest BCUT2D eigenvalue weighted by Crippen LogP contribution is -1.96. The van der Waals surface area contributed by atoms with E-state index in [9.17, 15) is 8.42 Å². The van der Waals surface area contributed by atoms with Gasteiger partial charge in [0.15, 0.2) is 9.84 Å². The summed E-state index contributed by atoms with van der Waals surface area (Å²) in [6.07, 6.45) is 4.61. The molecular weight excluding hydrogens is 294 g/mol. The fourth-order valence-electron chi connectivity index (χ4n) is 1.50. The van der Waals surface area contributed by atoms with Gasteiger partial charge in [-0.25, -0.2) is 13.4 Å². The largest absolute Gasteiger partial charge is 0.372 e. The van der Waals surface area contributed by atoms with E-state index in [1.54, 1.807) is 55.5 Å². The van der Waals surface area contributed by atoms with E-state index in [4.69, 9.17) is 0 Å². The molecule has 0 unspecified atom stereocenters. The Kier molecular flexibility index (Phi) is 4.61. The van der Waals surface area contributed by atoms with E-state index in [2.05, 4.69) is 15.3 Å². The maximum absolute atomic E-state index is 11.4. The van der Waals surface area contributed by atoms with Crippen molar-refractivity contribution in [2.45, 2.75) is 15.5 Å². The second-order valence-corrected chi connectivity index (χ2v) is 7.24. The molecule has 7 heteroatoms. The van der Waals surface area contributed by atoms with Gasteiger partial charge < -0.3 is 5.32 Å². The number of hydrogen-bond acceptors (Lipinski definition) is 6. The van der Waals surface area contributed by atoms with Gasteiger partial charge in [-0.05, 0) is 24.3 Å². The van der Waals surface area contributed by atoms with Crippen LogP contribution in [0.5, 0.6) is 0 Å². The Morgan fingerprint density at radius 1 is 1.15 bits per heavy atom. The topological polar surface area (TPSA) is 72.0 Å². The van der Waals surface area contributed by atoms with Crippen LogP contribution in [-0.4, -0.2) is 31.7 Å². The lowest BCUT2D eigenvalue weighted by Gasteiger charge is -2.04. The first-order valence-electron chi connectivity index (χ1n) is 5.90. The summed E-state index contributed by atoms with van der Waals surface area (Å²) in [7, 11) is -1.34. The molecule has 0 aliphatic carbocycles. The van der Waals surface area contributed by atoms with Crippen LogP contribution in [0.15, 0.2) is 46.5 Å².